The Balaban J connectivity index is 1.39. The zero-order valence-corrected chi connectivity index (χ0v) is 49.3. The van der Waals surface area contributed by atoms with E-state index < -0.39 is 89.2 Å². The number of carbonyl (C=O) groups is 7. The average Bonchev–Trinajstić information content (AvgIpc) is 4.06. The number of nitrogens with one attached hydrogen (secondary N) is 7. The van der Waals surface area contributed by atoms with Crippen LogP contribution in [0.1, 0.15) is 121 Å². The standard InChI is InChI=1S/C60H77ClN10O12/c1-11-80-47-26-22-40-32-43(47)42-30-36(15-25-48(42)81-29-28-64-58(79)83-60(7,8)9)31-46(54(75)66-34(2)51(72)49-44(62)33-65-70-49)69-52(73)35(3)67-55(76)50(40)71(10)56(77)45(14-12-13-27-63-57(78)82-59(4,5)6)68-53(74)39-18-16-37(17-19-39)38-20-23-41(61)24-21-38/h15-26,30,32-35,45-46,50-51,72H,11-14,27-29,31,62H2,1-10H3,(H,63,78)(H,64,79)(H,65,70)(H,66,75)(H,67,76)(H,68,74)(H,69,73)/t34-,35-,45-,46-,50-,51?/m0/s1. The highest BCUT2D eigenvalue weighted by Crippen LogP contribution is 2.40. The van der Waals surface area contributed by atoms with Crippen LogP contribution in [0.5, 0.6) is 11.5 Å². The number of ether oxygens (including phenoxy) is 4. The Morgan fingerprint density at radius 1 is 0.795 bits per heavy atom. The maximum atomic E-state index is 15.2. The molecule has 0 aliphatic carbocycles. The highest BCUT2D eigenvalue weighted by Gasteiger charge is 2.37. The average molecular weight is 1170 g/mol. The molecule has 1 unspecified atom stereocenters. The second-order valence-corrected chi connectivity index (χ2v) is 22.6. The fraction of sp³-hybridized carbons (Fsp3) is 0.433. The van der Waals surface area contributed by atoms with Crippen LogP contribution in [0.4, 0.5) is 15.3 Å². The zero-order chi connectivity index (χ0) is 60.8. The molecule has 0 fully saturated rings. The molecule has 1 aliphatic heterocycles. The molecule has 6 rings (SSSR count). The van der Waals surface area contributed by atoms with Crippen molar-refractivity contribution in [1.29, 1.82) is 0 Å². The Morgan fingerprint density at radius 3 is 2.01 bits per heavy atom. The number of hydrogen-bond donors (Lipinski definition) is 9. The molecule has 0 saturated carbocycles. The van der Waals surface area contributed by atoms with Crippen molar-refractivity contribution in [1.82, 2.24) is 47.0 Å². The number of likely N-dealkylation sites (N-methyl/N-ethyl adjacent to an activating group) is 1. The molecule has 7 amide bonds. The number of aromatic nitrogens is 2. The number of nitrogens with two attached hydrogens (primary N) is 1. The van der Waals surface area contributed by atoms with E-state index in [1.165, 1.54) is 25.1 Å². The predicted molar refractivity (Wildman–Crippen MR) is 313 cm³/mol. The van der Waals surface area contributed by atoms with E-state index >= 15 is 9.59 Å². The Morgan fingerprint density at radius 2 is 1.40 bits per heavy atom. The topological polar surface area (TPSA) is 307 Å². The van der Waals surface area contributed by atoms with E-state index in [0.29, 0.717) is 46.1 Å². The molecular weight excluding hydrogens is 1090 g/mol. The molecule has 0 radical (unpaired) electrons. The van der Waals surface area contributed by atoms with E-state index in [2.05, 4.69) is 42.1 Å². The summed E-state index contributed by atoms with van der Waals surface area (Å²) in [6.45, 7) is 15.7. The molecule has 446 valence electrons. The van der Waals surface area contributed by atoms with E-state index in [0.717, 1.165) is 11.1 Å². The van der Waals surface area contributed by atoms with Crippen LogP contribution in [-0.2, 0) is 35.1 Å². The molecule has 83 heavy (non-hydrogen) atoms. The number of carbonyl (C=O) groups excluding carboxylic acids is 7. The van der Waals surface area contributed by atoms with Crippen LogP contribution in [0, 0.1) is 0 Å². The third-order valence-corrected chi connectivity index (χ3v) is 13.4. The lowest BCUT2D eigenvalue weighted by atomic mass is 9.93. The molecule has 23 heteroatoms. The largest absolute Gasteiger partial charge is 0.493 e. The molecular formula is C60H77ClN10O12. The van der Waals surface area contributed by atoms with Gasteiger partial charge >= 0.3 is 12.2 Å². The monoisotopic (exact) mass is 1160 g/mol. The van der Waals surface area contributed by atoms with Gasteiger partial charge in [0.2, 0.25) is 23.6 Å². The number of aliphatic hydroxyl groups is 1. The fourth-order valence-corrected chi connectivity index (χ4v) is 9.16. The van der Waals surface area contributed by atoms with Crippen molar-refractivity contribution in [3.63, 3.8) is 0 Å². The van der Waals surface area contributed by atoms with E-state index in [-0.39, 0.29) is 61.7 Å². The maximum Gasteiger partial charge on any atom is 0.407 e. The SMILES string of the molecule is CCOc1ccc2cc1-c1cc(ccc1OCCNC(=O)OC(C)(C)C)C[C@@H](C(=O)N[C@@H](C)C(O)c1[nH]ncc1N)NC(=O)[C@H](C)NC(=O)[C@H]2N(C)C(=O)[C@H](CCCCNC(=O)OC(C)(C)C)NC(=O)c1ccc(-c2ccc(Cl)cc2)cc1. The molecule has 10 N–H and O–H groups in total. The van der Waals surface area contributed by atoms with Crippen LogP contribution in [0.25, 0.3) is 22.3 Å². The van der Waals surface area contributed by atoms with Gasteiger partial charge in [-0.1, -0.05) is 48.0 Å². The highest BCUT2D eigenvalue weighted by molar-refractivity contribution is 6.30. The number of unbranched alkanes of at least 4 members (excludes halogenated alkanes) is 1. The van der Waals surface area contributed by atoms with E-state index in [4.69, 9.17) is 36.3 Å². The van der Waals surface area contributed by atoms with Crippen LogP contribution in [0.3, 0.4) is 0 Å². The summed E-state index contributed by atoms with van der Waals surface area (Å²) in [5.41, 5.74) is 8.47. The third-order valence-electron chi connectivity index (χ3n) is 13.1. The molecule has 5 aromatic rings. The van der Waals surface area contributed by atoms with Gasteiger partial charge in [0.1, 0.15) is 59.6 Å². The third kappa shape index (κ3) is 18.3. The molecule has 22 nitrogen and oxygen atoms in total. The van der Waals surface area contributed by atoms with Gasteiger partial charge in [-0.25, -0.2) is 9.59 Å². The summed E-state index contributed by atoms with van der Waals surface area (Å²) >= 11 is 6.12. The number of alkyl carbamates (subject to hydrolysis) is 2. The number of aromatic amines is 1. The van der Waals surface area contributed by atoms with E-state index in [9.17, 15) is 29.1 Å². The minimum atomic E-state index is -1.48. The molecule has 6 atom stereocenters. The first-order valence-corrected chi connectivity index (χ1v) is 27.9. The van der Waals surface area contributed by atoms with Gasteiger partial charge in [0.25, 0.3) is 5.91 Å². The number of fused-ring (bicyclic) bond motifs is 5. The van der Waals surface area contributed by atoms with Crippen molar-refractivity contribution < 1.29 is 57.6 Å². The van der Waals surface area contributed by atoms with Gasteiger partial charge in [-0.15, -0.1) is 0 Å². The van der Waals surface area contributed by atoms with Crippen molar-refractivity contribution in [2.75, 3.05) is 39.1 Å². The second-order valence-electron chi connectivity index (χ2n) is 22.2. The first-order chi connectivity index (χ1) is 39.2. The van der Waals surface area contributed by atoms with E-state index in [1.54, 1.807) is 128 Å². The Labute approximate surface area is 488 Å². The van der Waals surface area contributed by atoms with Gasteiger partial charge in [-0.05, 0) is 152 Å². The fourth-order valence-electron chi connectivity index (χ4n) is 9.03. The van der Waals surface area contributed by atoms with Crippen LogP contribution < -0.4 is 47.1 Å². The quantitative estimate of drug-likeness (QED) is 0.0353. The van der Waals surface area contributed by atoms with Crippen molar-refractivity contribution in [2.45, 2.75) is 136 Å². The number of nitrogen functional groups attached to an aromatic ring is 1. The molecule has 2 heterocycles. The summed E-state index contributed by atoms with van der Waals surface area (Å²) in [7, 11) is 1.42. The number of amides is 7. The van der Waals surface area contributed by atoms with Gasteiger partial charge in [0.15, 0.2) is 0 Å². The Hall–Kier alpha value is -8.37. The predicted octanol–water partition coefficient (Wildman–Crippen LogP) is 7.06. The van der Waals surface area contributed by atoms with Gasteiger partial charge in [-0.3, -0.25) is 29.1 Å². The lowest BCUT2D eigenvalue weighted by Gasteiger charge is -2.33. The maximum absolute atomic E-state index is 15.2. The van der Waals surface area contributed by atoms with Crippen molar-refractivity contribution in [2.24, 2.45) is 0 Å². The molecule has 4 aromatic carbocycles. The molecule has 0 spiro atoms. The first-order valence-electron chi connectivity index (χ1n) is 27.5. The van der Waals surface area contributed by atoms with Crippen LogP contribution in [0.2, 0.25) is 5.02 Å². The summed E-state index contributed by atoms with van der Waals surface area (Å²) in [6.07, 6.45) is -0.568. The number of nitrogens with zero attached hydrogens (tertiary/aromatic N) is 2. The van der Waals surface area contributed by atoms with E-state index in [1.807, 2.05) is 12.1 Å². The minimum absolute atomic E-state index is 0.0335. The number of aliphatic hydroxyl groups excluding tert-OH is 1. The Kier molecular flexibility index (Phi) is 22.0. The van der Waals surface area contributed by atoms with Gasteiger partial charge in [0.05, 0.1) is 36.8 Å². The molecule has 0 saturated heterocycles. The van der Waals surface area contributed by atoms with Gasteiger partial charge in [0, 0.05) is 41.7 Å². The van der Waals surface area contributed by atoms with Crippen molar-refractivity contribution in [3.05, 3.63) is 119 Å². The minimum Gasteiger partial charge on any atom is -0.493 e. The van der Waals surface area contributed by atoms with Crippen LogP contribution in [-0.4, -0.2) is 131 Å². The Bertz CT molecular complexity index is 3090. The van der Waals surface area contributed by atoms with Gasteiger partial charge in [-0.2, -0.15) is 5.10 Å². The molecule has 1 aliphatic rings. The first kappa shape index (κ1) is 63.8. The zero-order valence-electron chi connectivity index (χ0n) is 48.6. The molecule has 4 bridgehead atoms. The van der Waals surface area contributed by atoms with Crippen LogP contribution >= 0.6 is 11.6 Å². The number of benzene rings is 4. The summed E-state index contributed by atoms with van der Waals surface area (Å²) < 4.78 is 23.3. The highest BCUT2D eigenvalue weighted by atomic mass is 35.5. The summed E-state index contributed by atoms with van der Waals surface area (Å²) in [5.74, 6) is -2.83. The lowest BCUT2D eigenvalue weighted by Crippen LogP contribution is -2.56. The summed E-state index contributed by atoms with van der Waals surface area (Å²) in [6, 6.07) is 17.9. The second kappa shape index (κ2) is 28.6. The summed E-state index contributed by atoms with van der Waals surface area (Å²) in [5, 5.41) is 34.9. The molecule has 1 aromatic heterocycles. The van der Waals surface area contributed by atoms with Crippen molar-refractivity contribution in [3.8, 4) is 33.8 Å². The summed E-state index contributed by atoms with van der Waals surface area (Å²) in [4.78, 5) is 99.4. The normalized spacial score (nSPS) is 16.5. The lowest BCUT2D eigenvalue weighted by molar-refractivity contribution is -0.141. The van der Waals surface area contributed by atoms with Gasteiger partial charge < -0.3 is 66.6 Å². The number of halogens is 1. The number of anilines is 1. The number of hydrogen-bond acceptors (Lipinski definition) is 14. The van der Waals surface area contributed by atoms with Crippen molar-refractivity contribution >= 4 is 59.0 Å². The smallest absolute Gasteiger partial charge is 0.407 e. The number of H-pyrrole nitrogens is 1. The van der Waals surface area contributed by atoms with Crippen LogP contribution in [0.15, 0.2) is 91.1 Å². The number of rotatable bonds is 20.